The molecule has 1 saturated heterocycles. The molecule has 1 aliphatic heterocycles. The maximum atomic E-state index is 12.8. The highest BCUT2D eigenvalue weighted by atomic mass is 79.9. The molecule has 0 aliphatic carbocycles. The van der Waals surface area contributed by atoms with Crippen LogP contribution in [0.1, 0.15) is 11.1 Å². The second-order valence-corrected chi connectivity index (χ2v) is 8.93. The van der Waals surface area contributed by atoms with Gasteiger partial charge in [0.2, 0.25) is 0 Å². The van der Waals surface area contributed by atoms with Crippen molar-refractivity contribution >= 4 is 79.1 Å². The number of hydrogen-bond acceptors (Lipinski definition) is 5. The van der Waals surface area contributed by atoms with Crippen LogP contribution in [-0.2, 0) is 11.3 Å². The van der Waals surface area contributed by atoms with Gasteiger partial charge in [-0.2, -0.15) is 0 Å². The zero-order valence-electron chi connectivity index (χ0n) is 14.4. The Kier molecular flexibility index (Phi) is 5.57. The van der Waals surface area contributed by atoms with Crippen LogP contribution >= 0.6 is 50.9 Å². The topological polar surface area (TPSA) is 67.6 Å². The normalized spacial score (nSPS) is 15.7. The first kappa shape index (κ1) is 20.2. The lowest BCUT2D eigenvalue weighted by Crippen LogP contribution is -2.27. The van der Waals surface area contributed by atoms with E-state index in [1.807, 2.05) is 24.3 Å². The van der Waals surface area contributed by atoms with Gasteiger partial charge in [-0.3, -0.25) is 19.3 Å². The molecule has 5 nitrogen and oxygen atoms in total. The highest BCUT2D eigenvalue weighted by molar-refractivity contribution is 9.10. The third-order valence-electron chi connectivity index (χ3n) is 4.21. The summed E-state index contributed by atoms with van der Waals surface area (Å²) in [5.41, 5.74) is 0.747. The van der Waals surface area contributed by atoms with Crippen LogP contribution in [0.15, 0.2) is 61.3 Å². The van der Waals surface area contributed by atoms with Crippen LogP contribution in [0, 0.1) is 0 Å². The Bertz CT molecular complexity index is 1270. The summed E-state index contributed by atoms with van der Waals surface area (Å²) in [5, 5.41) is 0.300. The van der Waals surface area contributed by atoms with Crippen molar-refractivity contribution < 1.29 is 14.0 Å². The van der Waals surface area contributed by atoms with Gasteiger partial charge in [0.1, 0.15) is 6.26 Å². The SMILES string of the molecule is O=C1S/C(=C\c2coc3c(Cl)cc(Cl)cc3c2=O)C(=O)N1Cc1cccc(Br)c1. The second-order valence-electron chi connectivity index (χ2n) is 6.18. The first-order chi connectivity index (χ1) is 13.8. The summed E-state index contributed by atoms with van der Waals surface area (Å²) in [4.78, 5) is 39.1. The van der Waals surface area contributed by atoms with E-state index >= 15 is 0 Å². The lowest BCUT2D eigenvalue weighted by Gasteiger charge is -2.12. The Morgan fingerprint density at radius 3 is 2.69 bits per heavy atom. The fraction of sp³-hybridized carbons (Fsp3) is 0.0500. The van der Waals surface area contributed by atoms with Crippen molar-refractivity contribution in [1.82, 2.24) is 4.90 Å². The van der Waals surface area contributed by atoms with Gasteiger partial charge in [-0.15, -0.1) is 0 Å². The maximum Gasteiger partial charge on any atom is 0.293 e. The van der Waals surface area contributed by atoms with E-state index in [2.05, 4.69) is 15.9 Å². The van der Waals surface area contributed by atoms with Crippen LogP contribution in [-0.4, -0.2) is 16.0 Å². The lowest BCUT2D eigenvalue weighted by atomic mass is 10.1. The summed E-state index contributed by atoms with van der Waals surface area (Å²) < 4.78 is 6.31. The van der Waals surface area contributed by atoms with Crippen LogP contribution in [0.2, 0.25) is 10.0 Å². The molecule has 0 N–H and O–H groups in total. The van der Waals surface area contributed by atoms with Crippen molar-refractivity contribution in [3.63, 3.8) is 0 Å². The Hall–Kier alpha value is -2.06. The van der Waals surface area contributed by atoms with Gasteiger partial charge in [0.05, 0.1) is 27.4 Å². The molecule has 9 heteroatoms. The van der Waals surface area contributed by atoms with Crippen molar-refractivity contribution in [3.8, 4) is 0 Å². The number of halogens is 3. The summed E-state index contributed by atoms with van der Waals surface area (Å²) >= 11 is 16.2. The predicted octanol–water partition coefficient (Wildman–Crippen LogP) is 6.10. The van der Waals surface area contributed by atoms with E-state index in [-0.39, 0.29) is 33.0 Å². The summed E-state index contributed by atoms with van der Waals surface area (Å²) in [6.45, 7) is 0.138. The molecule has 3 aromatic rings. The van der Waals surface area contributed by atoms with E-state index in [4.69, 9.17) is 27.6 Å². The molecule has 0 radical (unpaired) electrons. The number of nitrogens with zero attached hydrogens (tertiary/aromatic N) is 1. The van der Waals surface area contributed by atoms with Gasteiger partial charge in [-0.05, 0) is 47.7 Å². The molecule has 0 spiro atoms. The zero-order chi connectivity index (χ0) is 20.7. The number of hydrogen-bond donors (Lipinski definition) is 0. The van der Waals surface area contributed by atoms with E-state index in [1.165, 1.54) is 24.5 Å². The second kappa shape index (κ2) is 7.99. The average Bonchev–Trinajstić information content (AvgIpc) is 2.92. The standard InChI is InChI=1S/C20H10BrCl2NO4S/c21-12-3-1-2-10(4-12)8-24-19(26)16(29-20(24)27)5-11-9-28-18-14(17(11)25)6-13(22)7-15(18)23/h1-7,9H,8H2/b16-5-. The predicted molar refractivity (Wildman–Crippen MR) is 118 cm³/mol. The smallest absolute Gasteiger partial charge is 0.293 e. The number of benzene rings is 2. The number of thioether (sulfide) groups is 1. The van der Waals surface area contributed by atoms with Crippen molar-refractivity contribution in [2.75, 3.05) is 0 Å². The highest BCUT2D eigenvalue weighted by Crippen LogP contribution is 2.34. The van der Waals surface area contributed by atoms with Crippen molar-refractivity contribution in [1.29, 1.82) is 0 Å². The van der Waals surface area contributed by atoms with E-state index in [9.17, 15) is 14.4 Å². The molecular weight excluding hydrogens is 501 g/mol. The fourth-order valence-corrected chi connectivity index (χ4v) is 4.69. The maximum absolute atomic E-state index is 12.8. The summed E-state index contributed by atoms with van der Waals surface area (Å²) in [5.74, 6) is -0.469. The largest absolute Gasteiger partial charge is 0.462 e. The summed E-state index contributed by atoms with van der Waals surface area (Å²) in [7, 11) is 0. The molecule has 0 unspecified atom stereocenters. The van der Waals surface area contributed by atoms with Gasteiger partial charge in [0.25, 0.3) is 11.1 Å². The van der Waals surface area contributed by atoms with Crippen LogP contribution in [0.3, 0.4) is 0 Å². The molecule has 0 saturated carbocycles. The van der Waals surface area contributed by atoms with Gasteiger partial charge in [-0.1, -0.05) is 51.3 Å². The minimum atomic E-state index is -0.469. The third kappa shape index (κ3) is 4.00. The molecule has 146 valence electrons. The molecule has 2 heterocycles. The minimum Gasteiger partial charge on any atom is -0.462 e. The van der Waals surface area contributed by atoms with E-state index in [0.717, 1.165) is 26.7 Å². The molecule has 2 amide bonds. The van der Waals surface area contributed by atoms with Gasteiger partial charge in [0, 0.05) is 9.50 Å². The van der Waals surface area contributed by atoms with Gasteiger partial charge in [0.15, 0.2) is 11.0 Å². The number of fused-ring (bicyclic) bond motifs is 1. The molecule has 1 fully saturated rings. The summed E-state index contributed by atoms with van der Waals surface area (Å²) in [6, 6.07) is 10.3. The van der Waals surface area contributed by atoms with Crippen LogP contribution in [0.4, 0.5) is 4.79 Å². The monoisotopic (exact) mass is 509 g/mol. The first-order valence-electron chi connectivity index (χ1n) is 8.24. The van der Waals surface area contributed by atoms with Crippen molar-refractivity contribution in [2.45, 2.75) is 6.54 Å². The Labute approximate surface area is 187 Å². The zero-order valence-corrected chi connectivity index (χ0v) is 18.4. The Morgan fingerprint density at radius 1 is 1.14 bits per heavy atom. The van der Waals surface area contributed by atoms with Gasteiger partial charge < -0.3 is 4.42 Å². The Balaban J connectivity index is 1.68. The molecule has 1 aliphatic rings. The van der Waals surface area contributed by atoms with E-state index < -0.39 is 16.6 Å². The lowest BCUT2D eigenvalue weighted by molar-refractivity contribution is -0.123. The third-order valence-corrected chi connectivity index (χ3v) is 6.11. The first-order valence-corrected chi connectivity index (χ1v) is 10.6. The van der Waals surface area contributed by atoms with Crippen LogP contribution in [0.5, 0.6) is 0 Å². The van der Waals surface area contributed by atoms with Crippen LogP contribution < -0.4 is 5.43 Å². The molecule has 0 atom stereocenters. The van der Waals surface area contributed by atoms with E-state index in [1.54, 1.807) is 0 Å². The molecule has 0 bridgehead atoms. The number of carbonyl (C=O) groups excluding carboxylic acids is 2. The average molecular weight is 511 g/mol. The Morgan fingerprint density at radius 2 is 1.93 bits per heavy atom. The fourth-order valence-electron chi connectivity index (χ4n) is 2.88. The molecule has 4 rings (SSSR count). The van der Waals surface area contributed by atoms with Crippen molar-refractivity contribution in [3.05, 3.63) is 83.4 Å². The van der Waals surface area contributed by atoms with E-state index in [0.29, 0.717) is 5.02 Å². The van der Waals surface area contributed by atoms with Gasteiger partial charge in [-0.25, -0.2) is 0 Å². The number of rotatable bonds is 3. The number of carbonyl (C=O) groups is 2. The minimum absolute atomic E-state index is 0.129. The van der Waals surface area contributed by atoms with Crippen molar-refractivity contribution in [2.24, 2.45) is 0 Å². The highest BCUT2D eigenvalue weighted by Gasteiger charge is 2.35. The molecule has 29 heavy (non-hydrogen) atoms. The number of imide groups is 1. The van der Waals surface area contributed by atoms with Crippen LogP contribution in [0.25, 0.3) is 17.0 Å². The molecular formula is C20H10BrCl2NO4S. The summed E-state index contributed by atoms with van der Waals surface area (Å²) in [6.07, 6.45) is 2.57. The molecule has 1 aromatic heterocycles. The molecule has 2 aromatic carbocycles. The number of amides is 2. The quantitative estimate of drug-likeness (QED) is 0.398. The van der Waals surface area contributed by atoms with Gasteiger partial charge >= 0.3 is 0 Å².